The van der Waals surface area contributed by atoms with Crippen molar-refractivity contribution in [1.82, 2.24) is 5.32 Å². The largest absolute Gasteiger partial charge is 0.496 e. The van der Waals surface area contributed by atoms with Gasteiger partial charge in [0.25, 0.3) is 5.91 Å². The van der Waals surface area contributed by atoms with Gasteiger partial charge < -0.3 is 19.5 Å². The number of nitrogens with one attached hydrogen (secondary N) is 1. The number of carbonyl (C=O) groups excluding carboxylic acids is 1. The molecule has 1 N–H and O–H groups in total. The molecular weight excluding hydrogens is 282 g/mol. The summed E-state index contributed by atoms with van der Waals surface area (Å²) < 4.78 is 15.9. The van der Waals surface area contributed by atoms with E-state index >= 15 is 0 Å². The first-order valence-corrected chi connectivity index (χ1v) is 7.64. The summed E-state index contributed by atoms with van der Waals surface area (Å²) in [5.74, 6) is 0.866. The van der Waals surface area contributed by atoms with Gasteiger partial charge in [0.15, 0.2) is 0 Å². The fourth-order valence-electron chi connectivity index (χ4n) is 3.23. The lowest BCUT2D eigenvalue weighted by atomic mass is 9.87. The van der Waals surface area contributed by atoms with E-state index in [1.54, 1.807) is 39.5 Å². The van der Waals surface area contributed by atoms with Crippen LogP contribution in [0.2, 0.25) is 0 Å². The van der Waals surface area contributed by atoms with Crippen LogP contribution in [-0.4, -0.2) is 40.4 Å². The van der Waals surface area contributed by atoms with Gasteiger partial charge in [-0.05, 0) is 25.0 Å². The molecule has 1 aromatic carbocycles. The molecule has 0 unspecified atom stereocenters. The molecule has 0 spiro atoms. The first-order valence-electron chi connectivity index (χ1n) is 7.64. The molecule has 1 amide bonds. The van der Waals surface area contributed by atoms with Gasteiger partial charge in [-0.3, -0.25) is 4.79 Å². The number of hydrogen-bond acceptors (Lipinski definition) is 4. The van der Waals surface area contributed by atoms with Crippen LogP contribution >= 0.6 is 0 Å². The zero-order valence-corrected chi connectivity index (χ0v) is 13.6. The lowest BCUT2D eigenvalue weighted by molar-refractivity contribution is 0.0738. The summed E-state index contributed by atoms with van der Waals surface area (Å²) in [6, 6.07) is 5.33. The highest BCUT2D eigenvalue weighted by atomic mass is 16.5. The zero-order valence-electron chi connectivity index (χ0n) is 13.6. The van der Waals surface area contributed by atoms with Crippen molar-refractivity contribution >= 4 is 5.91 Å². The van der Waals surface area contributed by atoms with Crippen molar-refractivity contribution in [3.8, 4) is 11.5 Å². The third-order valence-electron chi connectivity index (χ3n) is 4.39. The number of rotatable bonds is 7. The highest BCUT2D eigenvalue weighted by Crippen LogP contribution is 2.38. The van der Waals surface area contributed by atoms with E-state index < -0.39 is 0 Å². The highest BCUT2D eigenvalue weighted by Gasteiger charge is 2.34. The smallest absolute Gasteiger partial charge is 0.258 e. The van der Waals surface area contributed by atoms with Crippen LogP contribution in [-0.2, 0) is 4.74 Å². The molecular formula is C17H25NO4. The molecule has 0 aromatic heterocycles. The third-order valence-corrected chi connectivity index (χ3v) is 4.39. The molecule has 5 heteroatoms. The molecule has 0 atom stereocenters. The van der Waals surface area contributed by atoms with E-state index in [0.29, 0.717) is 30.2 Å². The van der Waals surface area contributed by atoms with E-state index in [1.807, 2.05) is 0 Å². The van der Waals surface area contributed by atoms with Crippen LogP contribution in [0.1, 0.15) is 36.0 Å². The molecule has 0 heterocycles. The van der Waals surface area contributed by atoms with Gasteiger partial charge in [0, 0.05) is 19.1 Å². The monoisotopic (exact) mass is 307 g/mol. The Hall–Kier alpha value is -1.75. The molecule has 22 heavy (non-hydrogen) atoms. The minimum Gasteiger partial charge on any atom is -0.496 e. The topological polar surface area (TPSA) is 56.8 Å². The summed E-state index contributed by atoms with van der Waals surface area (Å²) >= 11 is 0. The summed E-state index contributed by atoms with van der Waals surface area (Å²) in [5, 5.41) is 3.04. The Morgan fingerprint density at radius 2 is 1.73 bits per heavy atom. The van der Waals surface area contributed by atoms with Crippen LogP contribution in [0.3, 0.4) is 0 Å². The number of amides is 1. The standard InChI is InChI=1S/C17H25NO4/c1-20-12-17(9-4-5-10-17)11-18-16(19)15-13(21-2)7-6-8-14(15)22-3/h6-8H,4-5,9-12H2,1-3H3,(H,18,19). The van der Waals surface area contributed by atoms with E-state index in [-0.39, 0.29) is 11.3 Å². The summed E-state index contributed by atoms with van der Waals surface area (Å²) in [6.07, 6.45) is 4.56. The summed E-state index contributed by atoms with van der Waals surface area (Å²) in [5.41, 5.74) is 0.498. The molecule has 0 aliphatic heterocycles. The summed E-state index contributed by atoms with van der Waals surface area (Å²) in [4.78, 5) is 12.6. The number of carbonyl (C=O) groups is 1. The fraction of sp³-hybridized carbons (Fsp3) is 0.588. The quantitative estimate of drug-likeness (QED) is 0.841. The molecule has 1 saturated carbocycles. The van der Waals surface area contributed by atoms with Crippen molar-refractivity contribution in [3.63, 3.8) is 0 Å². The zero-order chi connectivity index (χ0) is 16.0. The lowest BCUT2D eigenvalue weighted by Crippen LogP contribution is -2.39. The second-order valence-electron chi connectivity index (χ2n) is 5.86. The van der Waals surface area contributed by atoms with Crippen molar-refractivity contribution in [2.75, 3.05) is 34.5 Å². The molecule has 1 aliphatic rings. The van der Waals surface area contributed by atoms with E-state index in [1.165, 1.54) is 12.8 Å². The molecule has 2 rings (SSSR count). The Morgan fingerprint density at radius 3 is 2.23 bits per heavy atom. The molecule has 0 radical (unpaired) electrons. The second kappa shape index (κ2) is 7.49. The van der Waals surface area contributed by atoms with Gasteiger partial charge in [-0.2, -0.15) is 0 Å². The Bertz CT molecular complexity index is 487. The average molecular weight is 307 g/mol. The van der Waals surface area contributed by atoms with Crippen molar-refractivity contribution in [3.05, 3.63) is 23.8 Å². The molecule has 5 nitrogen and oxygen atoms in total. The lowest BCUT2D eigenvalue weighted by Gasteiger charge is -2.28. The molecule has 1 fully saturated rings. The predicted octanol–water partition coefficient (Wildman–Crippen LogP) is 2.64. The van der Waals surface area contributed by atoms with Crippen LogP contribution in [0.25, 0.3) is 0 Å². The minimum atomic E-state index is -0.170. The third kappa shape index (κ3) is 3.53. The van der Waals surface area contributed by atoms with Gasteiger partial charge in [-0.1, -0.05) is 18.9 Å². The van der Waals surface area contributed by atoms with Gasteiger partial charge in [0.2, 0.25) is 0 Å². The van der Waals surface area contributed by atoms with Gasteiger partial charge in [0.1, 0.15) is 17.1 Å². The van der Waals surface area contributed by atoms with Gasteiger partial charge >= 0.3 is 0 Å². The summed E-state index contributed by atoms with van der Waals surface area (Å²) in [6.45, 7) is 1.29. The number of benzene rings is 1. The Labute approximate surface area is 131 Å². The van der Waals surface area contributed by atoms with Gasteiger partial charge in [0.05, 0.1) is 20.8 Å². The Kier molecular flexibility index (Phi) is 5.66. The SMILES string of the molecule is COCC1(CNC(=O)c2c(OC)cccc2OC)CCCC1. The minimum absolute atomic E-state index is 0.0552. The predicted molar refractivity (Wildman–Crippen MR) is 84.7 cm³/mol. The van der Waals surface area contributed by atoms with E-state index in [0.717, 1.165) is 12.8 Å². The Balaban J connectivity index is 2.12. The molecule has 0 saturated heterocycles. The van der Waals surface area contributed by atoms with Crippen LogP contribution in [0.15, 0.2) is 18.2 Å². The summed E-state index contributed by atoms with van der Waals surface area (Å²) in [7, 11) is 4.81. The second-order valence-corrected chi connectivity index (χ2v) is 5.86. The van der Waals surface area contributed by atoms with E-state index in [4.69, 9.17) is 14.2 Å². The molecule has 1 aromatic rings. The first-order chi connectivity index (χ1) is 10.7. The molecule has 0 bridgehead atoms. The normalized spacial score (nSPS) is 16.3. The van der Waals surface area contributed by atoms with E-state index in [9.17, 15) is 4.79 Å². The van der Waals surface area contributed by atoms with Crippen LogP contribution in [0.5, 0.6) is 11.5 Å². The van der Waals surface area contributed by atoms with Gasteiger partial charge in [-0.15, -0.1) is 0 Å². The first kappa shape index (κ1) is 16.6. The van der Waals surface area contributed by atoms with Crippen molar-refractivity contribution in [2.45, 2.75) is 25.7 Å². The van der Waals surface area contributed by atoms with Crippen molar-refractivity contribution in [1.29, 1.82) is 0 Å². The maximum atomic E-state index is 12.6. The van der Waals surface area contributed by atoms with Crippen LogP contribution < -0.4 is 14.8 Å². The maximum Gasteiger partial charge on any atom is 0.258 e. The molecule has 122 valence electrons. The number of methoxy groups -OCH3 is 3. The molecule has 1 aliphatic carbocycles. The average Bonchev–Trinajstić information content (AvgIpc) is 3.01. The maximum absolute atomic E-state index is 12.6. The van der Waals surface area contributed by atoms with E-state index in [2.05, 4.69) is 5.32 Å². The van der Waals surface area contributed by atoms with Gasteiger partial charge in [-0.25, -0.2) is 0 Å². The van der Waals surface area contributed by atoms with Crippen molar-refractivity contribution < 1.29 is 19.0 Å². The number of hydrogen-bond donors (Lipinski definition) is 1. The Morgan fingerprint density at radius 1 is 1.14 bits per heavy atom. The van der Waals surface area contributed by atoms with Crippen molar-refractivity contribution in [2.24, 2.45) is 5.41 Å². The fourth-order valence-corrected chi connectivity index (χ4v) is 3.23. The van der Waals surface area contributed by atoms with Crippen LogP contribution in [0.4, 0.5) is 0 Å². The highest BCUT2D eigenvalue weighted by molar-refractivity contribution is 5.99. The number of ether oxygens (including phenoxy) is 3. The van der Waals surface area contributed by atoms with Crippen LogP contribution in [0, 0.1) is 5.41 Å².